The summed E-state index contributed by atoms with van der Waals surface area (Å²) in [7, 11) is 0. The Morgan fingerprint density at radius 1 is 1.24 bits per heavy atom. The lowest BCUT2D eigenvalue weighted by molar-refractivity contribution is -0.146. The zero-order valence-corrected chi connectivity index (χ0v) is 10.4. The zero-order valence-electron chi connectivity index (χ0n) is 10.4. The van der Waals surface area contributed by atoms with Gasteiger partial charge < -0.3 is 5.11 Å². The minimum atomic E-state index is -1.05. The number of carbonyl (C=O) groups is 2. The molecule has 0 saturated carbocycles. The second-order valence-electron chi connectivity index (χ2n) is 4.31. The maximum Gasteiger partial charge on any atom is 0.314 e. The van der Waals surface area contributed by atoms with Crippen molar-refractivity contribution in [3.8, 4) is 0 Å². The molecule has 0 amide bonds. The molecular formula is C14H18O3. The smallest absolute Gasteiger partial charge is 0.314 e. The number of carbonyl (C=O) groups excluding carboxylic acids is 1. The molecule has 0 fully saturated rings. The van der Waals surface area contributed by atoms with E-state index in [1.165, 1.54) is 12.5 Å². The number of hydrogen-bond donors (Lipinski definition) is 1. The van der Waals surface area contributed by atoms with E-state index >= 15 is 0 Å². The molecule has 3 heteroatoms. The number of Topliss-reactive ketones (excluding diaryl/α,β-unsaturated/α-hetero) is 1. The van der Waals surface area contributed by atoms with Crippen molar-refractivity contribution in [1.29, 1.82) is 0 Å². The van der Waals surface area contributed by atoms with E-state index in [2.05, 4.69) is 6.92 Å². The first-order chi connectivity index (χ1) is 7.97. The number of carboxylic acid groups (broad SMARTS) is 1. The van der Waals surface area contributed by atoms with Gasteiger partial charge in [-0.25, -0.2) is 0 Å². The van der Waals surface area contributed by atoms with Crippen molar-refractivity contribution in [2.75, 3.05) is 0 Å². The Balaban J connectivity index is 2.97. The van der Waals surface area contributed by atoms with Gasteiger partial charge in [0, 0.05) is 5.92 Å². The van der Waals surface area contributed by atoms with Gasteiger partial charge in [0.05, 0.1) is 0 Å². The fourth-order valence-electron chi connectivity index (χ4n) is 1.99. The molecule has 0 radical (unpaired) electrons. The first-order valence-electron chi connectivity index (χ1n) is 5.79. The maximum atomic E-state index is 11.3. The maximum absolute atomic E-state index is 11.3. The Kier molecular flexibility index (Phi) is 4.44. The third-order valence-corrected chi connectivity index (χ3v) is 3.12. The van der Waals surface area contributed by atoms with E-state index in [1.54, 1.807) is 6.92 Å². The van der Waals surface area contributed by atoms with Gasteiger partial charge in [0.2, 0.25) is 0 Å². The van der Waals surface area contributed by atoms with Crippen molar-refractivity contribution in [1.82, 2.24) is 0 Å². The molecule has 1 aromatic carbocycles. The van der Waals surface area contributed by atoms with E-state index in [1.807, 2.05) is 24.3 Å². The molecule has 0 aromatic heterocycles. The molecule has 0 unspecified atom stereocenters. The first kappa shape index (κ1) is 13.4. The summed E-state index contributed by atoms with van der Waals surface area (Å²) < 4.78 is 0. The van der Waals surface area contributed by atoms with Gasteiger partial charge in [-0.05, 0) is 24.5 Å². The number of ketones is 1. The molecule has 0 aliphatic heterocycles. The Bertz CT molecular complexity index is 392. The summed E-state index contributed by atoms with van der Waals surface area (Å²) in [5, 5.41) is 9.06. The van der Waals surface area contributed by atoms with Crippen LogP contribution in [-0.2, 0) is 16.0 Å². The number of hydrogen-bond acceptors (Lipinski definition) is 2. The van der Waals surface area contributed by atoms with Gasteiger partial charge in [0.15, 0.2) is 0 Å². The Morgan fingerprint density at radius 3 is 2.12 bits per heavy atom. The minimum Gasteiger partial charge on any atom is -0.481 e. The number of aliphatic carboxylic acids is 1. The van der Waals surface area contributed by atoms with E-state index in [0.717, 1.165) is 12.0 Å². The van der Waals surface area contributed by atoms with Crippen LogP contribution >= 0.6 is 0 Å². The lowest BCUT2D eigenvalue weighted by atomic mass is 9.85. The van der Waals surface area contributed by atoms with Crippen LogP contribution in [0.5, 0.6) is 0 Å². The fourth-order valence-corrected chi connectivity index (χ4v) is 1.99. The van der Waals surface area contributed by atoms with Crippen molar-refractivity contribution >= 4 is 11.8 Å². The Labute approximate surface area is 101 Å². The number of rotatable bonds is 5. The van der Waals surface area contributed by atoms with E-state index in [9.17, 15) is 9.59 Å². The molecule has 3 nitrogen and oxygen atoms in total. The van der Waals surface area contributed by atoms with Gasteiger partial charge in [-0.2, -0.15) is 0 Å². The molecule has 1 aromatic rings. The molecule has 0 aliphatic carbocycles. The lowest BCUT2D eigenvalue weighted by Crippen LogP contribution is -2.26. The summed E-state index contributed by atoms with van der Waals surface area (Å²) in [4.78, 5) is 22.4. The highest BCUT2D eigenvalue weighted by Gasteiger charge is 2.29. The average molecular weight is 234 g/mol. The van der Waals surface area contributed by atoms with Crippen LogP contribution in [0.3, 0.4) is 0 Å². The summed E-state index contributed by atoms with van der Waals surface area (Å²) in [5.41, 5.74) is 2.10. The van der Waals surface area contributed by atoms with Crippen molar-refractivity contribution in [3.05, 3.63) is 35.4 Å². The summed E-state index contributed by atoms with van der Waals surface area (Å²) in [6, 6.07) is 7.76. The van der Waals surface area contributed by atoms with Crippen LogP contribution in [0, 0.1) is 5.92 Å². The van der Waals surface area contributed by atoms with Crippen molar-refractivity contribution in [3.63, 3.8) is 0 Å². The standard InChI is InChI=1S/C14H18O3/c1-4-11-5-7-12(8-6-11)9(2)13(10(3)15)14(16)17/h5-9,13H,4H2,1-3H3,(H,16,17)/t9-,13+/m1/s1. The summed E-state index contributed by atoms with van der Waals surface area (Å²) in [6.07, 6.45) is 0.948. The monoisotopic (exact) mass is 234 g/mol. The van der Waals surface area contributed by atoms with Crippen LogP contribution in [0.15, 0.2) is 24.3 Å². The molecule has 0 bridgehead atoms. The molecule has 1 rings (SSSR count). The predicted octanol–water partition coefficient (Wildman–Crippen LogP) is 2.64. The van der Waals surface area contributed by atoms with Gasteiger partial charge in [-0.3, -0.25) is 9.59 Å². The predicted molar refractivity (Wildman–Crippen MR) is 66.0 cm³/mol. The third kappa shape index (κ3) is 3.16. The van der Waals surface area contributed by atoms with Crippen LogP contribution in [0.4, 0.5) is 0 Å². The van der Waals surface area contributed by atoms with Crippen molar-refractivity contribution in [2.24, 2.45) is 5.92 Å². The molecule has 0 aliphatic rings. The third-order valence-electron chi connectivity index (χ3n) is 3.12. The van der Waals surface area contributed by atoms with E-state index in [0.29, 0.717) is 0 Å². The molecule has 92 valence electrons. The Morgan fingerprint density at radius 2 is 1.76 bits per heavy atom. The highest BCUT2D eigenvalue weighted by Crippen LogP contribution is 2.25. The lowest BCUT2D eigenvalue weighted by Gasteiger charge is -2.18. The van der Waals surface area contributed by atoms with Gasteiger partial charge in [-0.15, -0.1) is 0 Å². The van der Waals surface area contributed by atoms with Crippen LogP contribution in [-0.4, -0.2) is 16.9 Å². The number of carboxylic acids is 1. The largest absolute Gasteiger partial charge is 0.481 e. The van der Waals surface area contributed by atoms with Crippen molar-refractivity contribution in [2.45, 2.75) is 33.1 Å². The molecule has 2 atom stereocenters. The second kappa shape index (κ2) is 5.62. The topological polar surface area (TPSA) is 54.4 Å². The second-order valence-corrected chi connectivity index (χ2v) is 4.31. The average Bonchev–Trinajstić information content (AvgIpc) is 2.28. The highest BCUT2D eigenvalue weighted by atomic mass is 16.4. The summed E-state index contributed by atoms with van der Waals surface area (Å²) in [5.74, 6) is -2.60. The highest BCUT2D eigenvalue weighted by molar-refractivity contribution is 5.97. The van der Waals surface area contributed by atoms with Gasteiger partial charge in [0.25, 0.3) is 0 Å². The van der Waals surface area contributed by atoms with Crippen molar-refractivity contribution < 1.29 is 14.7 Å². The number of aryl methyl sites for hydroxylation is 1. The van der Waals surface area contributed by atoms with Gasteiger partial charge in [0.1, 0.15) is 11.7 Å². The molecule has 0 spiro atoms. The van der Waals surface area contributed by atoms with E-state index in [-0.39, 0.29) is 11.7 Å². The van der Waals surface area contributed by atoms with Gasteiger partial charge >= 0.3 is 5.97 Å². The minimum absolute atomic E-state index is 0.295. The van der Waals surface area contributed by atoms with Crippen LogP contribution in [0.25, 0.3) is 0 Å². The summed E-state index contributed by atoms with van der Waals surface area (Å²) in [6.45, 7) is 5.17. The molecular weight excluding hydrogens is 216 g/mol. The SMILES string of the molecule is CCc1ccc([C@@H](C)[C@@H](C(C)=O)C(=O)O)cc1. The van der Waals surface area contributed by atoms with Crippen LogP contribution in [0.2, 0.25) is 0 Å². The van der Waals surface area contributed by atoms with Crippen LogP contribution < -0.4 is 0 Å². The molecule has 0 saturated heterocycles. The summed E-state index contributed by atoms with van der Waals surface area (Å²) >= 11 is 0. The zero-order chi connectivity index (χ0) is 13.0. The first-order valence-corrected chi connectivity index (χ1v) is 5.79. The van der Waals surface area contributed by atoms with Crippen LogP contribution in [0.1, 0.15) is 37.8 Å². The molecule has 17 heavy (non-hydrogen) atoms. The quantitative estimate of drug-likeness (QED) is 0.797. The molecule has 0 heterocycles. The normalized spacial score (nSPS) is 14.1. The van der Waals surface area contributed by atoms with E-state index in [4.69, 9.17) is 5.11 Å². The van der Waals surface area contributed by atoms with Gasteiger partial charge in [-0.1, -0.05) is 38.1 Å². The Hall–Kier alpha value is -1.64. The number of benzene rings is 1. The molecule has 1 N–H and O–H groups in total. The fraction of sp³-hybridized carbons (Fsp3) is 0.429. The van der Waals surface area contributed by atoms with E-state index < -0.39 is 11.9 Å².